The Hall–Kier alpha value is -2.86. The minimum atomic E-state index is -0.589. The van der Waals surface area contributed by atoms with Crippen LogP contribution in [0.4, 0.5) is 0 Å². The fraction of sp³-hybridized carbons (Fsp3) is 0.333. The van der Waals surface area contributed by atoms with Gasteiger partial charge in [-0.15, -0.1) is 0 Å². The van der Waals surface area contributed by atoms with E-state index in [1.165, 1.54) is 11.5 Å². The second kappa shape index (κ2) is 7.40. The molecule has 0 bridgehead atoms. The fourth-order valence-electron chi connectivity index (χ4n) is 3.82. The maximum atomic E-state index is 12.4. The Morgan fingerprint density at radius 2 is 2.00 bits per heavy atom. The summed E-state index contributed by atoms with van der Waals surface area (Å²) < 4.78 is 4.98. The van der Waals surface area contributed by atoms with Crippen LogP contribution in [0.3, 0.4) is 0 Å². The monoisotopic (exact) mass is 366 g/mol. The Morgan fingerprint density at radius 3 is 2.74 bits per heavy atom. The fourth-order valence-corrected chi connectivity index (χ4v) is 3.82. The second-order valence-electron chi connectivity index (χ2n) is 7.09. The van der Waals surface area contributed by atoms with Gasteiger partial charge in [0.05, 0.1) is 6.10 Å². The van der Waals surface area contributed by atoms with E-state index in [2.05, 4.69) is 35.5 Å². The summed E-state index contributed by atoms with van der Waals surface area (Å²) >= 11 is 0. The van der Waals surface area contributed by atoms with Crippen molar-refractivity contribution in [1.82, 2.24) is 10.1 Å². The van der Waals surface area contributed by atoms with E-state index in [1.54, 1.807) is 4.90 Å². The topological polar surface area (TPSA) is 86.5 Å². The number of nitrogens with zero attached hydrogens (tertiary/aromatic N) is 1. The lowest BCUT2D eigenvalue weighted by molar-refractivity contribution is -0.134. The average Bonchev–Trinajstić information content (AvgIpc) is 3.11. The number of hydrogen-bond acceptors (Lipinski definition) is 4. The van der Waals surface area contributed by atoms with Crippen LogP contribution in [0, 0.1) is 0 Å². The number of aryl methyl sites for hydroxylation is 1. The molecule has 0 unspecified atom stereocenters. The van der Waals surface area contributed by atoms with Crippen LogP contribution in [0.1, 0.15) is 30.1 Å². The lowest BCUT2D eigenvalue weighted by Gasteiger charge is -2.36. The lowest BCUT2D eigenvalue weighted by Crippen LogP contribution is -2.45. The molecule has 27 heavy (non-hydrogen) atoms. The van der Waals surface area contributed by atoms with Crippen LogP contribution >= 0.6 is 0 Å². The molecule has 1 aromatic heterocycles. The van der Waals surface area contributed by atoms with Gasteiger partial charge in [-0.25, -0.2) is 0 Å². The van der Waals surface area contributed by atoms with Crippen molar-refractivity contribution in [3.05, 3.63) is 70.2 Å². The van der Waals surface area contributed by atoms with Gasteiger partial charge in [0.1, 0.15) is 5.76 Å². The Kier molecular flexibility index (Phi) is 4.81. The highest BCUT2D eigenvalue weighted by Gasteiger charge is 2.31. The number of aliphatic hydroxyl groups is 1. The zero-order valence-corrected chi connectivity index (χ0v) is 14.9. The number of benzene rings is 2. The first-order valence-electron chi connectivity index (χ1n) is 9.22. The number of H-pyrrole nitrogens is 1. The number of carbonyl (C=O) groups is 1. The molecular formula is C21H22N2O4. The van der Waals surface area contributed by atoms with Gasteiger partial charge in [-0.05, 0) is 22.8 Å². The van der Waals surface area contributed by atoms with Crippen LogP contribution in [0.25, 0.3) is 10.8 Å². The molecule has 1 aliphatic heterocycles. The molecule has 1 fully saturated rings. The van der Waals surface area contributed by atoms with Crippen LogP contribution in [0.5, 0.6) is 0 Å². The molecule has 0 aliphatic carbocycles. The quantitative estimate of drug-likeness (QED) is 0.742. The molecule has 2 atom stereocenters. The van der Waals surface area contributed by atoms with Gasteiger partial charge in [-0.1, -0.05) is 42.5 Å². The third-order valence-corrected chi connectivity index (χ3v) is 5.30. The Labute approximate surface area is 156 Å². The first kappa shape index (κ1) is 17.5. The highest BCUT2D eigenvalue weighted by Crippen LogP contribution is 2.31. The van der Waals surface area contributed by atoms with Crippen molar-refractivity contribution in [3.8, 4) is 0 Å². The summed E-state index contributed by atoms with van der Waals surface area (Å²) in [4.78, 5) is 25.2. The first-order chi connectivity index (χ1) is 13.1. The van der Waals surface area contributed by atoms with Crippen LogP contribution in [0.15, 0.2) is 57.8 Å². The number of carbonyl (C=O) groups excluding carboxylic acids is 1. The van der Waals surface area contributed by atoms with Gasteiger partial charge in [0.15, 0.2) is 0 Å². The number of aromatic nitrogens is 1. The van der Waals surface area contributed by atoms with Gasteiger partial charge in [0.2, 0.25) is 5.91 Å². The number of rotatable bonds is 4. The number of nitrogens with one attached hydrogen (secondary N) is 1. The minimum absolute atomic E-state index is 0.0290. The van der Waals surface area contributed by atoms with Crippen molar-refractivity contribution in [1.29, 1.82) is 0 Å². The standard InChI is InChI=1S/C21H22N2O4/c24-19-13-23(21(26)8-7-17-12-20(25)22-27-17)10-9-18(19)16-6-5-14-3-1-2-4-15(14)11-16/h1-6,11-12,18-19,24H,7-10,13H2,(H,22,25)/t18-,19+/m0/s1. The number of hydrogen-bond donors (Lipinski definition) is 2. The van der Waals surface area contributed by atoms with Crippen LogP contribution in [-0.4, -0.2) is 40.3 Å². The van der Waals surface area contributed by atoms with Gasteiger partial charge in [0.25, 0.3) is 5.56 Å². The van der Waals surface area contributed by atoms with Crippen LogP contribution < -0.4 is 5.56 Å². The van der Waals surface area contributed by atoms with E-state index in [0.717, 1.165) is 17.4 Å². The van der Waals surface area contributed by atoms with E-state index in [9.17, 15) is 14.7 Å². The summed E-state index contributed by atoms with van der Waals surface area (Å²) in [6, 6.07) is 15.8. The van der Waals surface area contributed by atoms with Gasteiger partial charge < -0.3 is 14.5 Å². The maximum Gasteiger partial charge on any atom is 0.280 e. The van der Waals surface area contributed by atoms with Crippen LogP contribution in [-0.2, 0) is 11.2 Å². The smallest absolute Gasteiger partial charge is 0.280 e. The molecule has 4 rings (SSSR count). The molecule has 2 heterocycles. The summed E-state index contributed by atoms with van der Waals surface area (Å²) in [6.45, 7) is 0.942. The second-order valence-corrected chi connectivity index (χ2v) is 7.09. The Bertz CT molecular complexity index is 1010. The molecule has 0 spiro atoms. The number of aromatic amines is 1. The van der Waals surface area contributed by atoms with Crippen molar-refractivity contribution in [2.24, 2.45) is 0 Å². The van der Waals surface area contributed by atoms with E-state index in [-0.39, 0.29) is 23.8 Å². The Balaban J connectivity index is 1.39. The normalized spacial score (nSPS) is 20.1. The Morgan fingerprint density at radius 1 is 1.19 bits per heavy atom. The van der Waals surface area contributed by atoms with Crippen LogP contribution in [0.2, 0.25) is 0 Å². The van der Waals surface area contributed by atoms with Gasteiger partial charge >= 0.3 is 0 Å². The third kappa shape index (κ3) is 3.80. The number of piperidine rings is 1. The van der Waals surface area contributed by atoms with Gasteiger partial charge in [0, 0.05) is 37.9 Å². The first-order valence-corrected chi connectivity index (χ1v) is 9.22. The molecule has 0 saturated carbocycles. The highest BCUT2D eigenvalue weighted by molar-refractivity contribution is 5.83. The maximum absolute atomic E-state index is 12.4. The largest absolute Gasteiger partial charge is 0.391 e. The SMILES string of the molecule is O=C(CCc1cc(=O)[nH]o1)N1CC[C@@H](c2ccc3ccccc3c2)[C@H](O)C1. The van der Waals surface area contributed by atoms with Crippen molar-refractivity contribution < 1.29 is 14.4 Å². The number of amides is 1. The predicted octanol–water partition coefficient (Wildman–Crippen LogP) is 2.43. The summed E-state index contributed by atoms with van der Waals surface area (Å²) in [6.07, 6.45) is 0.769. The highest BCUT2D eigenvalue weighted by atomic mass is 16.5. The van der Waals surface area contributed by atoms with E-state index in [1.807, 2.05) is 12.1 Å². The molecule has 1 amide bonds. The molecule has 6 nitrogen and oxygen atoms in total. The van der Waals surface area contributed by atoms with Crippen molar-refractivity contribution in [2.75, 3.05) is 13.1 Å². The minimum Gasteiger partial charge on any atom is -0.391 e. The zero-order chi connectivity index (χ0) is 18.8. The number of likely N-dealkylation sites (tertiary alicyclic amines) is 1. The molecule has 1 saturated heterocycles. The molecular weight excluding hydrogens is 344 g/mol. The molecule has 3 aromatic rings. The van der Waals surface area contributed by atoms with E-state index in [0.29, 0.717) is 25.3 Å². The summed E-state index contributed by atoms with van der Waals surface area (Å²) in [5, 5.41) is 15.2. The molecule has 6 heteroatoms. The molecule has 2 aromatic carbocycles. The number of aliphatic hydroxyl groups excluding tert-OH is 1. The number of β-amino-alcohol motifs (C(OH)–C–C–N with tert-alkyl or cyclic N) is 1. The van der Waals surface area contributed by atoms with Crippen molar-refractivity contribution >= 4 is 16.7 Å². The third-order valence-electron chi connectivity index (χ3n) is 5.30. The number of fused-ring (bicyclic) bond motifs is 1. The van der Waals surface area contributed by atoms with Gasteiger partial charge in [-0.2, -0.15) is 5.16 Å². The zero-order valence-electron chi connectivity index (χ0n) is 14.9. The summed E-state index contributed by atoms with van der Waals surface area (Å²) in [7, 11) is 0. The average molecular weight is 366 g/mol. The summed E-state index contributed by atoms with van der Waals surface area (Å²) in [5.74, 6) is 0.469. The van der Waals surface area contributed by atoms with E-state index >= 15 is 0 Å². The van der Waals surface area contributed by atoms with Crippen molar-refractivity contribution in [3.63, 3.8) is 0 Å². The van der Waals surface area contributed by atoms with Gasteiger partial charge in [-0.3, -0.25) is 9.59 Å². The van der Waals surface area contributed by atoms with E-state index < -0.39 is 6.10 Å². The lowest BCUT2D eigenvalue weighted by atomic mass is 9.86. The van der Waals surface area contributed by atoms with Crippen molar-refractivity contribution in [2.45, 2.75) is 31.3 Å². The summed E-state index contributed by atoms with van der Waals surface area (Å²) in [5.41, 5.74) is 0.812. The van der Waals surface area contributed by atoms with E-state index in [4.69, 9.17) is 4.52 Å². The molecule has 1 aliphatic rings. The molecule has 2 N–H and O–H groups in total. The molecule has 0 radical (unpaired) electrons. The predicted molar refractivity (Wildman–Crippen MR) is 102 cm³/mol. The molecule has 140 valence electrons.